The predicted molar refractivity (Wildman–Crippen MR) is 72.4 cm³/mol. The molecule has 18 heavy (non-hydrogen) atoms. The van der Waals surface area contributed by atoms with E-state index in [-0.39, 0.29) is 5.97 Å². The number of ether oxygens (including phenoxy) is 2. The molecule has 0 amide bonds. The molecular weight excluding hydrogens is 228 g/mol. The molecule has 1 rings (SSSR count). The second kappa shape index (κ2) is 9.89. The summed E-state index contributed by atoms with van der Waals surface area (Å²) in [6, 6.07) is 0. The smallest absolute Gasteiger partial charge is 0.305 e. The van der Waals surface area contributed by atoms with Gasteiger partial charge in [-0.15, -0.1) is 0 Å². The first kappa shape index (κ1) is 15.0. The third-order valence-corrected chi connectivity index (χ3v) is 2.82. The fourth-order valence-electron chi connectivity index (χ4n) is 1.85. The Hall–Kier alpha value is -1.09. The molecule has 0 aliphatic heterocycles. The molecule has 102 valence electrons. The van der Waals surface area contributed by atoms with Crippen molar-refractivity contribution in [1.82, 2.24) is 0 Å². The number of hydrogen-bond acceptors (Lipinski definition) is 3. The maximum atomic E-state index is 11.1. The summed E-state index contributed by atoms with van der Waals surface area (Å²) in [7, 11) is 0. The van der Waals surface area contributed by atoms with Gasteiger partial charge in [0.25, 0.3) is 0 Å². The van der Waals surface area contributed by atoms with E-state index >= 15 is 0 Å². The Kier molecular flexibility index (Phi) is 8.23. The summed E-state index contributed by atoms with van der Waals surface area (Å²) < 4.78 is 10.5. The summed E-state index contributed by atoms with van der Waals surface area (Å²) >= 11 is 0. The van der Waals surface area contributed by atoms with E-state index in [1.165, 1.54) is 5.57 Å². The highest BCUT2D eigenvalue weighted by molar-refractivity contribution is 5.69. The molecule has 0 radical (unpaired) electrons. The van der Waals surface area contributed by atoms with E-state index in [9.17, 15) is 4.79 Å². The van der Waals surface area contributed by atoms with Crippen LogP contribution in [0.2, 0.25) is 0 Å². The zero-order valence-corrected chi connectivity index (χ0v) is 11.3. The van der Waals surface area contributed by atoms with Crippen LogP contribution in [-0.2, 0) is 14.3 Å². The molecule has 0 bridgehead atoms. The van der Waals surface area contributed by atoms with E-state index < -0.39 is 0 Å². The summed E-state index contributed by atoms with van der Waals surface area (Å²) in [5, 5.41) is 0. The molecule has 0 saturated carbocycles. The lowest BCUT2D eigenvalue weighted by Gasteiger charge is -2.08. The van der Waals surface area contributed by atoms with Crippen LogP contribution in [0.1, 0.15) is 45.4 Å². The first-order valence-corrected chi connectivity index (χ1v) is 6.92. The quantitative estimate of drug-likeness (QED) is 0.466. The molecule has 0 aromatic carbocycles. The average molecular weight is 252 g/mol. The SMILES string of the molecule is CCOC(=O)CCCCCOCC1=CCCC=C1. The average Bonchev–Trinajstić information content (AvgIpc) is 2.39. The molecule has 0 spiro atoms. The number of carbonyl (C=O) groups is 1. The number of carbonyl (C=O) groups excluding carboxylic acids is 1. The molecular formula is C15H24O3. The molecule has 0 aromatic rings. The van der Waals surface area contributed by atoms with Crippen LogP contribution in [0.15, 0.2) is 23.8 Å². The molecule has 0 fully saturated rings. The lowest BCUT2D eigenvalue weighted by molar-refractivity contribution is -0.143. The van der Waals surface area contributed by atoms with E-state index in [1.54, 1.807) is 0 Å². The van der Waals surface area contributed by atoms with Crippen molar-refractivity contribution in [2.45, 2.75) is 45.4 Å². The normalized spacial score (nSPS) is 14.4. The van der Waals surface area contributed by atoms with Gasteiger partial charge in [-0.2, -0.15) is 0 Å². The Labute approximate surface area is 110 Å². The maximum Gasteiger partial charge on any atom is 0.305 e. The van der Waals surface area contributed by atoms with Crippen molar-refractivity contribution >= 4 is 5.97 Å². The molecule has 0 unspecified atom stereocenters. The second-order valence-corrected chi connectivity index (χ2v) is 4.43. The Morgan fingerprint density at radius 2 is 2.17 bits per heavy atom. The Bertz CT molecular complexity index is 292. The van der Waals surface area contributed by atoms with E-state index in [1.807, 2.05) is 6.92 Å². The fourth-order valence-corrected chi connectivity index (χ4v) is 1.85. The van der Waals surface area contributed by atoms with Gasteiger partial charge in [0.05, 0.1) is 13.2 Å². The van der Waals surface area contributed by atoms with E-state index in [2.05, 4.69) is 18.2 Å². The highest BCUT2D eigenvalue weighted by atomic mass is 16.5. The van der Waals surface area contributed by atoms with Crippen LogP contribution in [-0.4, -0.2) is 25.8 Å². The molecule has 0 N–H and O–H groups in total. The zero-order chi connectivity index (χ0) is 13.1. The number of esters is 1. The molecule has 1 aliphatic carbocycles. The van der Waals surface area contributed by atoms with Crippen molar-refractivity contribution in [2.75, 3.05) is 19.8 Å². The number of allylic oxidation sites excluding steroid dienone is 2. The molecule has 0 atom stereocenters. The third-order valence-electron chi connectivity index (χ3n) is 2.82. The van der Waals surface area contributed by atoms with Gasteiger partial charge in [0.15, 0.2) is 0 Å². The lowest BCUT2D eigenvalue weighted by Crippen LogP contribution is -2.04. The van der Waals surface area contributed by atoms with E-state index in [0.717, 1.165) is 38.7 Å². The zero-order valence-electron chi connectivity index (χ0n) is 11.3. The van der Waals surface area contributed by atoms with Crippen molar-refractivity contribution in [1.29, 1.82) is 0 Å². The largest absolute Gasteiger partial charge is 0.466 e. The lowest BCUT2D eigenvalue weighted by atomic mass is 10.1. The van der Waals surface area contributed by atoms with Gasteiger partial charge >= 0.3 is 5.97 Å². The Balaban J connectivity index is 1.88. The van der Waals surface area contributed by atoms with Crippen LogP contribution in [0.25, 0.3) is 0 Å². The van der Waals surface area contributed by atoms with Gasteiger partial charge in [-0.25, -0.2) is 0 Å². The first-order chi connectivity index (χ1) is 8.83. The molecule has 0 aromatic heterocycles. The highest BCUT2D eigenvalue weighted by Gasteiger charge is 2.01. The second-order valence-electron chi connectivity index (χ2n) is 4.43. The van der Waals surface area contributed by atoms with Crippen molar-refractivity contribution in [3.8, 4) is 0 Å². The molecule has 3 heteroatoms. The molecule has 0 saturated heterocycles. The minimum atomic E-state index is -0.0871. The van der Waals surface area contributed by atoms with Gasteiger partial charge in [0.1, 0.15) is 0 Å². The van der Waals surface area contributed by atoms with Crippen LogP contribution in [0.3, 0.4) is 0 Å². The summed E-state index contributed by atoms with van der Waals surface area (Å²) in [6.45, 7) is 3.80. The van der Waals surface area contributed by atoms with Gasteiger partial charge in [-0.1, -0.05) is 24.6 Å². The highest BCUT2D eigenvalue weighted by Crippen LogP contribution is 2.10. The number of hydrogen-bond donors (Lipinski definition) is 0. The van der Waals surface area contributed by atoms with Crippen LogP contribution in [0.4, 0.5) is 0 Å². The van der Waals surface area contributed by atoms with Gasteiger partial charge in [-0.05, 0) is 38.2 Å². The van der Waals surface area contributed by atoms with Gasteiger partial charge in [0, 0.05) is 13.0 Å². The van der Waals surface area contributed by atoms with Crippen molar-refractivity contribution in [3.63, 3.8) is 0 Å². The van der Waals surface area contributed by atoms with Gasteiger partial charge < -0.3 is 9.47 Å². The minimum absolute atomic E-state index is 0.0871. The van der Waals surface area contributed by atoms with Crippen molar-refractivity contribution in [2.24, 2.45) is 0 Å². The van der Waals surface area contributed by atoms with Crippen LogP contribution in [0, 0.1) is 0 Å². The first-order valence-electron chi connectivity index (χ1n) is 6.92. The summed E-state index contributed by atoms with van der Waals surface area (Å²) in [5.41, 5.74) is 1.28. The molecule has 3 nitrogen and oxygen atoms in total. The number of unbranched alkanes of at least 4 members (excludes halogenated alkanes) is 2. The van der Waals surface area contributed by atoms with Gasteiger partial charge in [0.2, 0.25) is 0 Å². The van der Waals surface area contributed by atoms with E-state index in [4.69, 9.17) is 9.47 Å². The minimum Gasteiger partial charge on any atom is -0.466 e. The fraction of sp³-hybridized carbons (Fsp3) is 0.667. The van der Waals surface area contributed by atoms with Crippen LogP contribution in [0.5, 0.6) is 0 Å². The van der Waals surface area contributed by atoms with Crippen LogP contribution >= 0.6 is 0 Å². The third kappa shape index (κ3) is 7.28. The standard InChI is InChI=1S/C15H24O3/c1-2-18-15(16)11-7-4-8-12-17-13-14-9-5-3-6-10-14/h5,9-10H,2-4,6-8,11-13H2,1H3. The van der Waals surface area contributed by atoms with Crippen molar-refractivity contribution in [3.05, 3.63) is 23.8 Å². The van der Waals surface area contributed by atoms with Crippen LogP contribution < -0.4 is 0 Å². The predicted octanol–water partition coefficient (Wildman–Crippen LogP) is 3.40. The molecule has 1 aliphatic rings. The summed E-state index contributed by atoms with van der Waals surface area (Å²) in [4.78, 5) is 11.1. The molecule has 0 heterocycles. The Morgan fingerprint density at radius 3 is 2.89 bits per heavy atom. The summed E-state index contributed by atoms with van der Waals surface area (Å²) in [5.74, 6) is -0.0871. The maximum absolute atomic E-state index is 11.1. The van der Waals surface area contributed by atoms with E-state index in [0.29, 0.717) is 19.6 Å². The monoisotopic (exact) mass is 252 g/mol. The van der Waals surface area contributed by atoms with Crippen molar-refractivity contribution < 1.29 is 14.3 Å². The summed E-state index contributed by atoms with van der Waals surface area (Å²) in [6.07, 6.45) is 12.3. The Morgan fingerprint density at radius 1 is 1.28 bits per heavy atom. The topological polar surface area (TPSA) is 35.5 Å². The number of rotatable bonds is 9. The van der Waals surface area contributed by atoms with Gasteiger partial charge in [-0.3, -0.25) is 4.79 Å².